The van der Waals surface area contributed by atoms with Gasteiger partial charge in [0.25, 0.3) is 5.91 Å². The highest BCUT2D eigenvalue weighted by atomic mass is 32.1. The summed E-state index contributed by atoms with van der Waals surface area (Å²) in [5, 5.41) is 6.84. The molecule has 0 radical (unpaired) electrons. The molecule has 0 spiro atoms. The molecule has 1 atom stereocenters. The van der Waals surface area contributed by atoms with Gasteiger partial charge in [0.2, 0.25) is 0 Å². The quantitative estimate of drug-likeness (QED) is 0.705. The lowest BCUT2D eigenvalue weighted by molar-refractivity contribution is 0.0951. The first-order valence-electron chi connectivity index (χ1n) is 7.14. The number of nitrogens with two attached hydrogens (primary N) is 1. The summed E-state index contributed by atoms with van der Waals surface area (Å²) < 4.78 is 0. The van der Waals surface area contributed by atoms with Crippen LogP contribution in [0.25, 0.3) is 0 Å². The highest BCUT2D eigenvalue weighted by Gasteiger charge is 2.17. The Kier molecular flexibility index (Phi) is 5.40. The molecule has 110 valence electrons. The Morgan fingerprint density at radius 3 is 3.10 bits per heavy atom. The van der Waals surface area contributed by atoms with E-state index in [4.69, 9.17) is 5.73 Å². The van der Waals surface area contributed by atoms with Crippen molar-refractivity contribution in [2.75, 3.05) is 24.1 Å². The van der Waals surface area contributed by atoms with E-state index in [9.17, 15) is 4.79 Å². The van der Waals surface area contributed by atoms with Gasteiger partial charge in [-0.15, -0.1) is 0 Å². The third-order valence-corrected chi connectivity index (χ3v) is 4.34. The van der Waals surface area contributed by atoms with Crippen LogP contribution in [0.2, 0.25) is 0 Å². The molecule has 0 aliphatic heterocycles. The van der Waals surface area contributed by atoms with Crippen LogP contribution in [-0.4, -0.2) is 24.0 Å². The van der Waals surface area contributed by atoms with Gasteiger partial charge in [-0.25, -0.2) is 4.98 Å². The first kappa shape index (κ1) is 14.8. The molecular weight excluding hydrogens is 272 g/mol. The number of thiazole rings is 1. The van der Waals surface area contributed by atoms with Crippen molar-refractivity contribution in [3.8, 4) is 0 Å². The SMILES string of the molecule is CCCNc1nc(N)c(C(=O)NCC2CC=CCC2)s1. The maximum absolute atomic E-state index is 12.1. The summed E-state index contributed by atoms with van der Waals surface area (Å²) in [4.78, 5) is 16.8. The third-order valence-electron chi connectivity index (χ3n) is 3.31. The largest absolute Gasteiger partial charge is 0.382 e. The van der Waals surface area contributed by atoms with E-state index in [0.717, 1.165) is 37.4 Å². The molecule has 0 aromatic carbocycles. The van der Waals surface area contributed by atoms with E-state index in [1.54, 1.807) is 0 Å². The standard InChI is InChI=1S/C14H22N4OS/c1-2-8-16-14-18-12(15)11(20-14)13(19)17-9-10-6-4-3-5-7-10/h3-4,10H,2,5-9,15H2,1H3,(H,16,18)(H,17,19). The molecule has 1 unspecified atom stereocenters. The molecule has 2 rings (SSSR count). The number of anilines is 2. The number of hydrogen-bond acceptors (Lipinski definition) is 5. The number of allylic oxidation sites excluding steroid dienone is 2. The van der Waals surface area contributed by atoms with Crippen molar-refractivity contribution in [2.45, 2.75) is 32.6 Å². The van der Waals surface area contributed by atoms with Crippen LogP contribution in [-0.2, 0) is 0 Å². The smallest absolute Gasteiger partial charge is 0.265 e. The predicted octanol–water partition coefficient (Wildman–Crippen LogP) is 2.63. The molecule has 1 aliphatic carbocycles. The normalized spacial score (nSPS) is 17.9. The zero-order chi connectivity index (χ0) is 14.4. The number of rotatable bonds is 6. The Balaban J connectivity index is 1.88. The minimum Gasteiger partial charge on any atom is -0.382 e. The van der Waals surface area contributed by atoms with E-state index in [0.29, 0.717) is 23.2 Å². The lowest BCUT2D eigenvalue weighted by Gasteiger charge is -2.17. The van der Waals surface area contributed by atoms with Gasteiger partial charge in [0.1, 0.15) is 10.7 Å². The minimum atomic E-state index is -0.112. The average Bonchev–Trinajstić information content (AvgIpc) is 2.85. The van der Waals surface area contributed by atoms with Gasteiger partial charge in [0.05, 0.1) is 0 Å². The Hall–Kier alpha value is -1.56. The van der Waals surface area contributed by atoms with Gasteiger partial charge >= 0.3 is 0 Å². The van der Waals surface area contributed by atoms with E-state index in [1.165, 1.54) is 11.3 Å². The van der Waals surface area contributed by atoms with Gasteiger partial charge in [0.15, 0.2) is 5.13 Å². The van der Waals surface area contributed by atoms with Crippen LogP contribution in [0.3, 0.4) is 0 Å². The van der Waals surface area contributed by atoms with Crippen molar-refractivity contribution in [3.63, 3.8) is 0 Å². The molecule has 1 heterocycles. The Labute approximate surface area is 123 Å². The van der Waals surface area contributed by atoms with Crippen molar-refractivity contribution in [1.82, 2.24) is 10.3 Å². The Bertz CT molecular complexity index is 484. The highest BCUT2D eigenvalue weighted by Crippen LogP contribution is 2.25. The van der Waals surface area contributed by atoms with Crippen LogP contribution >= 0.6 is 11.3 Å². The number of hydrogen-bond donors (Lipinski definition) is 3. The molecule has 0 fully saturated rings. The average molecular weight is 294 g/mol. The molecule has 20 heavy (non-hydrogen) atoms. The Morgan fingerprint density at radius 2 is 2.40 bits per heavy atom. The predicted molar refractivity (Wildman–Crippen MR) is 84.1 cm³/mol. The van der Waals surface area contributed by atoms with Gasteiger partial charge in [-0.2, -0.15) is 0 Å². The van der Waals surface area contributed by atoms with Crippen molar-refractivity contribution in [1.29, 1.82) is 0 Å². The van der Waals surface area contributed by atoms with E-state index in [-0.39, 0.29) is 5.91 Å². The van der Waals surface area contributed by atoms with Crippen molar-refractivity contribution < 1.29 is 4.79 Å². The second-order valence-corrected chi connectivity index (χ2v) is 6.02. The third kappa shape index (κ3) is 3.96. The monoisotopic (exact) mass is 294 g/mol. The maximum atomic E-state index is 12.1. The fourth-order valence-corrected chi connectivity index (χ4v) is 2.99. The fourth-order valence-electron chi connectivity index (χ4n) is 2.16. The molecule has 4 N–H and O–H groups in total. The summed E-state index contributed by atoms with van der Waals surface area (Å²) >= 11 is 1.32. The fraction of sp³-hybridized carbons (Fsp3) is 0.571. The molecule has 0 saturated heterocycles. The summed E-state index contributed by atoms with van der Waals surface area (Å²) in [6, 6.07) is 0. The highest BCUT2D eigenvalue weighted by molar-refractivity contribution is 7.18. The number of aromatic nitrogens is 1. The van der Waals surface area contributed by atoms with Crippen LogP contribution in [0.15, 0.2) is 12.2 Å². The summed E-state index contributed by atoms with van der Waals surface area (Å²) in [6.07, 6.45) is 8.68. The topological polar surface area (TPSA) is 80.0 Å². The Morgan fingerprint density at radius 1 is 1.55 bits per heavy atom. The second-order valence-electron chi connectivity index (χ2n) is 5.02. The van der Waals surface area contributed by atoms with Gasteiger partial charge in [-0.05, 0) is 31.6 Å². The molecule has 1 aliphatic rings. The molecule has 0 bridgehead atoms. The summed E-state index contributed by atoms with van der Waals surface area (Å²) in [7, 11) is 0. The van der Waals surface area contributed by atoms with E-state index >= 15 is 0 Å². The zero-order valence-electron chi connectivity index (χ0n) is 11.8. The molecule has 0 saturated carbocycles. The number of carbonyl (C=O) groups is 1. The number of carbonyl (C=O) groups excluding carboxylic acids is 1. The molecule has 1 aromatic rings. The van der Waals surface area contributed by atoms with Gasteiger partial charge in [-0.3, -0.25) is 4.79 Å². The van der Waals surface area contributed by atoms with Crippen molar-refractivity contribution in [3.05, 3.63) is 17.0 Å². The van der Waals surface area contributed by atoms with E-state index < -0.39 is 0 Å². The van der Waals surface area contributed by atoms with Crippen molar-refractivity contribution >= 4 is 28.2 Å². The minimum absolute atomic E-state index is 0.112. The number of nitrogens with zero attached hydrogens (tertiary/aromatic N) is 1. The van der Waals surface area contributed by atoms with Crippen LogP contribution in [0.5, 0.6) is 0 Å². The van der Waals surface area contributed by atoms with Gasteiger partial charge < -0.3 is 16.4 Å². The lowest BCUT2D eigenvalue weighted by Crippen LogP contribution is -2.29. The van der Waals surface area contributed by atoms with Crippen LogP contribution in [0, 0.1) is 5.92 Å². The second kappa shape index (κ2) is 7.28. The first-order valence-corrected chi connectivity index (χ1v) is 7.95. The van der Waals surface area contributed by atoms with Gasteiger partial charge in [-0.1, -0.05) is 30.4 Å². The zero-order valence-corrected chi connectivity index (χ0v) is 12.6. The molecular formula is C14H22N4OS. The van der Waals surface area contributed by atoms with Crippen LogP contribution in [0.1, 0.15) is 42.3 Å². The lowest BCUT2D eigenvalue weighted by atomic mass is 9.94. The number of nitrogens with one attached hydrogen (secondary N) is 2. The molecule has 6 heteroatoms. The van der Waals surface area contributed by atoms with E-state index in [1.807, 2.05) is 0 Å². The number of nitrogen functional groups attached to an aromatic ring is 1. The molecule has 1 aromatic heterocycles. The van der Waals surface area contributed by atoms with Gasteiger partial charge in [0, 0.05) is 13.1 Å². The summed E-state index contributed by atoms with van der Waals surface area (Å²) in [6.45, 7) is 3.62. The number of amides is 1. The van der Waals surface area contributed by atoms with Crippen LogP contribution in [0.4, 0.5) is 10.9 Å². The first-order chi connectivity index (χ1) is 9.70. The van der Waals surface area contributed by atoms with Crippen molar-refractivity contribution in [2.24, 2.45) is 5.92 Å². The van der Waals surface area contributed by atoms with Crippen LogP contribution < -0.4 is 16.4 Å². The molecule has 5 nitrogen and oxygen atoms in total. The summed E-state index contributed by atoms with van der Waals surface area (Å²) in [5.74, 6) is 0.740. The van der Waals surface area contributed by atoms with E-state index in [2.05, 4.69) is 34.7 Å². The summed E-state index contributed by atoms with van der Waals surface area (Å²) in [5.41, 5.74) is 5.81. The molecule has 1 amide bonds. The maximum Gasteiger partial charge on any atom is 0.265 e.